The second kappa shape index (κ2) is 4.89. The number of anilines is 1. The van der Waals surface area contributed by atoms with Crippen LogP contribution >= 0.6 is 39.1 Å². The van der Waals surface area contributed by atoms with E-state index in [1.54, 1.807) is 17.0 Å². The molecular formula is C12H8BrCl2NO. The van der Waals surface area contributed by atoms with Gasteiger partial charge in [0.25, 0.3) is 0 Å². The Kier molecular flexibility index (Phi) is 3.67. The molecule has 0 spiro atoms. The second-order valence-corrected chi connectivity index (χ2v) is 5.46. The first-order valence-electron chi connectivity index (χ1n) is 4.94. The van der Waals surface area contributed by atoms with Crippen LogP contribution in [0.1, 0.15) is 6.42 Å². The number of carbonyl (C=O) groups is 1. The molecule has 1 fully saturated rings. The number of hydrogen-bond donors (Lipinski definition) is 0. The van der Waals surface area contributed by atoms with Gasteiger partial charge in [0.1, 0.15) is 0 Å². The average Bonchev–Trinajstić information content (AvgIpc) is 2.65. The maximum atomic E-state index is 11.8. The Labute approximate surface area is 118 Å². The van der Waals surface area contributed by atoms with Crippen LogP contribution in [-0.2, 0) is 4.79 Å². The normalized spacial score (nSPS) is 19.5. The van der Waals surface area contributed by atoms with Crippen molar-refractivity contribution in [2.75, 3.05) is 11.4 Å². The molecule has 1 amide bonds. The third-order valence-corrected chi connectivity index (χ3v) is 4.14. The Morgan fingerprint density at radius 2 is 2.12 bits per heavy atom. The van der Waals surface area contributed by atoms with Crippen LogP contribution in [0.3, 0.4) is 0 Å². The van der Waals surface area contributed by atoms with Crippen LogP contribution in [0.2, 0.25) is 10.0 Å². The Morgan fingerprint density at radius 3 is 2.71 bits per heavy atom. The Balaban J connectivity index is 2.39. The number of carbonyl (C=O) groups excluding carboxylic acids is 1. The summed E-state index contributed by atoms with van der Waals surface area (Å²) < 4.78 is 0.702. The molecule has 2 rings (SSSR count). The summed E-state index contributed by atoms with van der Waals surface area (Å²) in [7, 11) is 0. The lowest BCUT2D eigenvalue weighted by Crippen LogP contribution is -2.24. The maximum Gasteiger partial charge on any atom is 0.228 e. The molecule has 0 bridgehead atoms. The standard InChI is InChI=1S/C12H8BrCl2NO/c1-2-7-3-12(17)16(6-7)11-5-9(14)8(13)4-10(11)15/h1,4-5,7H,3,6H2. The molecule has 5 heteroatoms. The first-order valence-corrected chi connectivity index (χ1v) is 6.49. The highest BCUT2D eigenvalue weighted by Crippen LogP contribution is 2.37. The van der Waals surface area contributed by atoms with E-state index in [1.165, 1.54) is 0 Å². The van der Waals surface area contributed by atoms with E-state index in [0.717, 1.165) is 0 Å². The van der Waals surface area contributed by atoms with Crippen molar-refractivity contribution < 1.29 is 4.79 Å². The van der Waals surface area contributed by atoms with Gasteiger partial charge in [0.2, 0.25) is 5.91 Å². The van der Waals surface area contributed by atoms with E-state index >= 15 is 0 Å². The van der Waals surface area contributed by atoms with Crippen LogP contribution in [0.4, 0.5) is 5.69 Å². The number of halogens is 3. The van der Waals surface area contributed by atoms with Gasteiger partial charge in [0.15, 0.2) is 0 Å². The highest BCUT2D eigenvalue weighted by Gasteiger charge is 2.30. The third kappa shape index (κ3) is 2.44. The summed E-state index contributed by atoms with van der Waals surface area (Å²) in [5.41, 5.74) is 0.614. The molecule has 88 valence electrons. The van der Waals surface area contributed by atoms with Gasteiger partial charge in [-0.05, 0) is 28.1 Å². The Morgan fingerprint density at radius 1 is 1.41 bits per heavy atom. The molecule has 1 aliphatic heterocycles. The van der Waals surface area contributed by atoms with Crippen molar-refractivity contribution >= 4 is 50.7 Å². The Bertz CT molecular complexity index is 524. The highest BCUT2D eigenvalue weighted by molar-refractivity contribution is 9.10. The molecule has 0 aromatic heterocycles. The molecule has 0 N–H and O–H groups in total. The fourth-order valence-corrected chi connectivity index (χ4v) is 2.67. The molecular weight excluding hydrogens is 325 g/mol. The lowest BCUT2D eigenvalue weighted by atomic mass is 10.1. The third-order valence-electron chi connectivity index (χ3n) is 2.64. The molecule has 1 aromatic carbocycles. The minimum absolute atomic E-state index is 0.0201. The van der Waals surface area contributed by atoms with Gasteiger partial charge in [0.05, 0.1) is 15.7 Å². The van der Waals surface area contributed by atoms with Gasteiger partial charge in [0, 0.05) is 23.4 Å². The van der Waals surface area contributed by atoms with Crippen molar-refractivity contribution in [3.05, 3.63) is 26.7 Å². The van der Waals surface area contributed by atoms with Crippen molar-refractivity contribution in [2.24, 2.45) is 5.92 Å². The fraction of sp³-hybridized carbons (Fsp3) is 0.250. The number of rotatable bonds is 1. The number of benzene rings is 1. The molecule has 1 heterocycles. The summed E-state index contributed by atoms with van der Waals surface area (Å²) >= 11 is 15.4. The lowest BCUT2D eigenvalue weighted by molar-refractivity contribution is -0.117. The summed E-state index contributed by atoms with van der Waals surface area (Å²) in [6, 6.07) is 3.35. The number of nitrogens with zero attached hydrogens (tertiary/aromatic N) is 1. The minimum atomic E-state index is -0.0546. The van der Waals surface area contributed by atoms with E-state index in [0.29, 0.717) is 33.2 Å². The molecule has 0 radical (unpaired) electrons. The maximum absolute atomic E-state index is 11.8. The highest BCUT2D eigenvalue weighted by atomic mass is 79.9. The molecule has 0 saturated carbocycles. The smallest absolute Gasteiger partial charge is 0.228 e. The molecule has 0 aliphatic carbocycles. The Hall–Kier alpha value is -0.690. The molecule has 2 nitrogen and oxygen atoms in total. The zero-order valence-electron chi connectivity index (χ0n) is 8.71. The van der Waals surface area contributed by atoms with Crippen LogP contribution in [0.25, 0.3) is 0 Å². The SMILES string of the molecule is C#CC1CC(=O)N(c2cc(Cl)c(Br)cc2Cl)C1. The van der Waals surface area contributed by atoms with E-state index in [4.69, 9.17) is 29.6 Å². The topological polar surface area (TPSA) is 20.3 Å². The number of amides is 1. The molecule has 1 aromatic rings. The van der Waals surface area contributed by atoms with Gasteiger partial charge in [-0.1, -0.05) is 23.2 Å². The van der Waals surface area contributed by atoms with Crippen LogP contribution in [0, 0.1) is 18.3 Å². The monoisotopic (exact) mass is 331 g/mol. The van der Waals surface area contributed by atoms with Crippen molar-refractivity contribution in [3.63, 3.8) is 0 Å². The van der Waals surface area contributed by atoms with E-state index in [2.05, 4.69) is 21.9 Å². The number of terminal acetylenes is 1. The van der Waals surface area contributed by atoms with E-state index < -0.39 is 0 Å². The van der Waals surface area contributed by atoms with E-state index in [9.17, 15) is 4.79 Å². The van der Waals surface area contributed by atoms with Crippen molar-refractivity contribution in [1.29, 1.82) is 0 Å². The minimum Gasteiger partial charge on any atom is -0.310 e. The second-order valence-electron chi connectivity index (χ2n) is 3.79. The van der Waals surface area contributed by atoms with Gasteiger partial charge in [-0.25, -0.2) is 0 Å². The zero-order chi connectivity index (χ0) is 12.6. The van der Waals surface area contributed by atoms with Gasteiger partial charge in [-0.3, -0.25) is 4.79 Å². The largest absolute Gasteiger partial charge is 0.310 e. The number of hydrogen-bond acceptors (Lipinski definition) is 1. The summed E-state index contributed by atoms with van der Waals surface area (Å²) in [6.45, 7) is 0.493. The van der Waals surface area contributed by atoms with Gasteiger partial charge in [-0.15, -0.1) is 12.3 Å². The molecule has 1 saturated heterocycles. The summed E-state index contributed by atoms with van der Waals surface area (Å²) in [5, 5.41) is 0.994. The van der Waals surface area contributed by atoms with Gasteiger partial charge in [-0.2, -0.15) is 0 Å². The average molecular weight is 333 g/mol. The van der Waals surface area contributed by atoms with E-state index in [1.807, 2.05) is 0 Å². The van der Waals surface area contributed by atoms with Crippen molar-refractivity contribution in [2.45, 2.75) is 6.42 Å². The van der Waals surface area contributed by atoms with Gasteiger partial charge >= 0.3 is 0 Å². The van der Waals surface area contributed by atoms with Crippen LogP contribution in [-0.4, -0.2) is 12.5 Å². The quantitative estimate of drug-likeness (QED) is 0.566. The zero-order valence-corrected chi connectivity index (χ0v) is 11.8. The van der Waals surface area contributed by atoms with Crippen LogP contribution in [0.5, 0.6) is 0 Å². The summed E-state index contributed by atoms with van der Waals surface area (Å²) in [5.74, 6) is 2.52. The van der Waals surface area contributed by atoms with Crippen molar-refractivity contribution in [1.82, 2.24) is 0 Å². The van der Waals surface area contributed by atoms with Crippen molar-refractivity contribution in [3.8, 4) is 12.3 Å². The molecule has 17 heavy (non-hydrogen) atoms. The molecule has 1 aliphatic rings. The molecule has 1 unspecified atom stereocenters. The fourth-order valence-electron chi connectivity index (χ4n) is 1.77. The predicted octanol–water partition coefficient (Wildman–Crippen LogP) is 3.74. The summed E-state index contributed by atoms with van der Waals surface area (Å²) in [4.78, 5) is 13.4. The van der Waals surface area contributed by atoms with Gasteiger partial charge < -0.3 is 4.90 Å². The van der Waals surface area contributed by atoms with Crippen LogP contribution < -0.4 is 4.90 Å². The lowest BCUT2D eigenvalue weighted by Gasteiger charge is -2.18. The van der Waals surface area contributed by atoms with E-state index in [-0.39, 0.29) is 11.8 Å². The first-order chi connectivity index (χ1) is 8.02. The van der Waals surface area contributed by atoms with Crippen LogP contribution in [0.15, 0.2) is 16.6 Å². The predicted molar refractivity (Wildman–Crippen MR) is 73.5 cm³/mol. The first kappa shape index (κ1) is 12.8. The summed E-state index contributed by atoms with van der Waals surface area (Å²) in [6.07, 6.45) is 5.69. The molecule has 1 atom stereocenters.